The van der Waals surface area contributed by atoms with E-state index in [-0.39, 0.29) is 11.8 Å². The van der Waals surface area contributed by atoms with Crippen molar-refractivity contribution in [1.82, 2.24) is 5.32 Å². The summed E-state index contributed by atoms with van der Waals surface area (Å²) in [5.41, 5.74) is 2.08. The fourth-order valence-electron chi connectivity index (χ4n) is 2.41. The monoisotopic (exact) mass is 324 g/mol. The Balaban J connectivity index is 1.97. The van der Waals surface area contributed by atoms with Crippen molar-refractivity contribution in [3.8, 4) is 0 Å². The van der Waals surface area contributed by atoms with Crippen molar-refractivity contribution in [1.29, 1.82) is 0 Å². The number of para-hydroxylation sites is 1. The Hall–Kier alpha value is -2.62. The lowest BCUT2D eigenvalue weighted by molar-refractivity contribution is -0.116. The highest BCUT2D eigenvalue weighted by atomic mass is 16.2. The molecule has 0 aliphatic heterocycles. The summed E-state index contributed by atoms with van der Waals surface area (Å²) in [5.74, 6) is -0.241. The Bertz CT molecular complexity index is 668. The second kappa shape index (κ2) is 9.50. The molecule has 0 radical (unpaired) electrons. The number of anilines is 1. The standard InChI is InChI=1S/C20H24N2O2/c1-2-3-5-14-19(23)22-18-13-9-8-12-17(18)20(24)21-15-16-10-6-4-7-11-16/h4,6-13H,2-3,5,14-15H2,1H3,(H,21,24)(H,22,23). The predicted molar refractivity (Wildman–Crippen MR) is 96.8 cm³/mol. The van der Waals surface area contributed by atoms with E-state index in [1.54, 1.807) is 18.2 Å². The molecule has 0 fully saturated rings. The molecule has 2 aromatic rings. The second-order valence-electron chi connectivity index (χ2n) is 5.72. The smallest absolute Gasteiger partial charge is 0.253 e. The van der Waals surface area contributed by atoms with Gasteiger partial charge in [0.05, 0.1) is 11.3 Å². The van der Waals surface area contributed by atoms with Gasteiger partial charge >= 0.3 is 0 Å². The Labute approximate surface area is 143 Å². The van der Waals surface area contributed by atoms with Crippen molar-refractivity contribution in [3.05, 3.63) is 65.7 Å². The number of carbonyl (C=O) groups is 2. The van der Waals surface area contributed by atoms with E-state index >= 15 is 0 Å². The van der Waals surface area contributed by atoms with E-state index in [0.29, 0.717) is 24.2 Å². The van der Waals surface area contributed by atoms with Crippen LogP contribution in [0.15, 0.2) is 54.6 Å². The minimum absolute atomic E-state index is 0.0493. The summed E-state index contributed by atoms with van der Waals surface area (Å²) < 4.78 is 0. The van der Waals surface area contributed by atoms with Gasteiger partial charge in [-0.1, -0.05) is 62.2 Å². The first kappa shape index (κ1) is 17.7. The zero-order valence-electron chi connectivity index (χ0n) is 14.0. The van der Waals surface area contributed by atoms with E-state index in [1.165, 1.54) is 0 Å². The number of unbranched alkanes of at least 4 members (excludes halogenated alkanes) is 2. The maximum absolute atomic E-state index is 12.4. The van der Waals surface area contributed by atoms with Gasteiger partial charge in [0.15, 0.2) is 0 Å². The fourth-order valence-corrected chi connectivity index (χ4v) is 2.41. The maximum atomic E-state index is 12.4. The molecule has 2 rings (SSSR count). The lowest BCUT2D eigenvalue weighted by Crippen LogP contribution is -2.24. The van der Waals surface area contributed by atoms with Gasteiger partial charge < -0.3 is 10.6 Å². The first-order valence-corrected chi connectivity index (χ1v) is 8.41. The summed E-state index contributed by atoms with van der Waals surface area (Å²) in [7, 11) is 0. The van der Waals surface area contributed by atoms with Gasteiger partial charge in [0, 0.05) is 13.0 Å². The molecular weight excluding hydrogens is 300 g/mol. The molecule has 2 amide bonds. The molecule has 126 valence electrons. The number of hydrogen-bond acceptors (Lipinski definition) is 2. The fraction of sp³-hybridized carbons (Fsp3) is 0.300. The first-order valence-electron chi connectivity index (χ1n) is 8.41. The molecule has 0 aliphatic carbocycles. The molecule has 4 heteroatoms. The summed E-state index contributed by atoms with van der Waals surface area (Å²) in [6.45, 7) is 2.56. The van der Waals surface area contributed by atoms with E-state index < -0.39 is 0 Å². The molecule has 0 unspecified atom stereocenters. The van der Waals surface area contributed by atoms with E-state index in [4.69, 9.17) is 0 Å². The Kier molecular flexibility index (Phi) is 7.02. The molecule has 0 saturated heterocycles. The zero-order chi connectivity index (χ0) is 17.2. The highest BCUT2D eigenvalue weighted by molar-refractivity contribution is 6.03. The van der Waals surface area contributed by atoms with Gasteiger partial charge in [0.25, 0.3) is 5.91 Å². The molecule has 4 nitrogen and oxygen atoms in total. The number of hydrogen-bond donors (Lipinski definition) is 2. The number of nitrogens with one attached hydrogen (secondary N) is 2. The number of carbonyl (C=O) groups excluding carboxylic acids is 2. The molecule has 2 N–H and O–H groups in total. The predicted octanol–water partition coefficient (Wildman–Crippen LogP) is 4.14. The van der Waals surface area contributed by atoms with Crippen LogP contribution in [0.1, 0.15) is 48.5 Å². The third-order valence-corrected chi connectivity index (χ3v) is 3.75. The van der Waals surface area contributed by atoms with Gasteiger partial charge in [-0.25, -0.2) is 0 Å². The zero-order valence-corrected chi connectivity index (χ0v) is 14.0. The number of rotatable bonds is 8. The summed E-state index contributed by atoms with van der Waals surface area (Å²) >= 11 is 0. The van der Waals surface area contributed by atoms with E-state index in [0.717, 1.165) is 24.8 Å². The molecule has 2 aromatic carbocycles. The molecule has 24 heavy (non-hydrogen) atoms. The summed E-state index contributed by atoms with van der Waals surface area (Å²) in [6, 6.07) is 16.8. The van der Waals surface area contributed by atoms with Crippen molar-refractivity contribution in [2.24, 2.45) is 0 Å². The van der Waals surface area contributed by atoms with Crippen molar-refractivity contribution in [2.75, 3.05) is 5.32 Å². The topological polar surface area (TPSA) is 58.2 Å². The van der Waals surface area contributed by atoms with Crippen LogP contribution >= 0.6 is 0 Å². The van der Waals surface area contributed by atoms with Crippen LogP contribution in [-0.4, -0.2) is 11.8 Å². The van der Waals surface area contributed by atoms with Crippen LogP contribution in [0.2, 0.25) is 0 Å². The highest BCUT2D eigenvalue weighted by Crippen LogP contribution is 2.16. The number of amides is 2. The second-order valence-corrected chi connectivity index (χ2v) is 5.72. The summed E-state index contributed by atoms with van der Waals surface area (Å²) in [5, 5.41) is 5.74. The van der Waals surface area contributed by atoms with E-state index in [9.17, 15) is 9.59 Å². The van der Waals surface area contributed by atoms with Crippen LogP contribution < -0.4 is 10.6 Å². The molecule has 0 aromatic heterocycles. The Morgan fingerprint density at radius 1 is 0.917 bits per heavy atom. The van der Waals surface area contributed by atoms with Crippen molar-refractivity contribution in [3.63, 3.8) is 0 Å². The van der Waals surface area contributed by atoms with Gasteiger partial charge in [-0.15, -0.1) is 0 Å². The van der Waals surface area contributed by atoms with E-state index in [1.807, 2.05) is 36.4 Å². The Morgan fingerprint density at radius 2 is 1.62 bits per heavy atom. The molecule has 0 spiro atoms. The van der Waals surface area contributed by atoms with Crippen LogP contribution in [0.4, 0.5) is 5.69 Å². The molecule has 0 heterocycles. The molecule has 0 bridgehead atoms. The lowest BCUT2D eigenvalue weighted by atomic mass is 10.1. The van der Waals surface area contributed by atoms with Gasteiger partial charge in [0.1, 0.15) is 0 Å². The molecule has 0 saturated carbocycles. The third-order valence-electron chi connectivity index (χ3n) is 3.75. The normalized spacial score (nSPS) is 10.2. The molecular formula is C20H24N2O2. The van der Waals surface area contributed by atoms with E-state index in [2.05, 4.69) is 17.6 Å². The largest absolute Gasteiger partial charge is 0.348 e. The van der Waals surface area contributed by atoms with Gasteiger partial charge in [-0.05, 0) is 24.1 Å². The first-order chi connectivity index (χ1) is 11.7. The number of benzene rings is 2. The molecule has 0 aliphatic rings. The van der Waals surface area contributed by atoms with Gasteiger partial charge in [0.2, 0.25) is 5.91 Å². The van der Waals surface area contributed by atoms with Gasteiger partial charge in [-0.2, -0.15) is 0 Å². The quantitative estimate of drug-likeness (QED) is 0.717. The van der Waals surface area contributed by atoms with Crippen molar-refractivity contribution >= 4 is 17.5 Å². The van der Waals surface area contributed by atoms with Crippen LogP contribution in [-0.2, 0) is 11.3 Å². The average Bonchev–Trinajstić information content (AvgIpc) is 2.61. The maximum Gasteiger partial charge on any atom is 0.253 e. The van der Waals surface area contributed by atoms with Crippen molar-refractivity contribution < 1.29 is 9.59 Å². The summed E-state index contributed by atoms with van der Waals surface area (Å²) in [4.78, 5) is 24.4. The van der Waals surface area contributed by atoms with Crippen molar-refractivity contribution in [2.45, 2.75) is 39.2 Å². The highest BCUT2D eigenvalue weighted by Gasteiger charge is 2.12. The van der Waals surface area contributed by atoms with Crippen LogP contribution in [0.5, 0.6) is 0 Å². The van der Waals surface area contributed by atoms with Crippen LogP contribution in [0, 0.1) is 0 Å². The third kappa shape index (κ3) is 5.54. The van der Waals surface area contributed by atoms with Crippen LogP contribution in [0.25, 0.3) is 0 Å². The minimum atomic E-state index is -0.191. The average molecular weight is 324 g/mol. The van der Waals surface area contributed by atoms with Gasteiger partial charge in [-0.3, -0.25) is 9.59 Å². The SMILES string of the molecule is CCCCCC(=O)Nc1ccccc1C(=O)NCc1ccccc1. The Morgan fingerprint density at radius 3 is 2.38 bits per heavy atom. The summed E-state index contributed by atoms with van der Waals surface area (Å²) in [6.07, 6.45) is 3.46. The lowest BCUT2D eigenvalue weighted by Gasteiger charge is -2.11. The van der Waals surface area contributed by atoms with Crippen LogP contribution in [0.3, 0.4) is 0 Å². The molecule has 0 atom stereocenters. The minimum Gasteiger partial charge on any atom is -0.348 e.